The number of guanidine groups is 1. The second kappa shape index (κ2) is 5.23. The van der Waals surface area contributed by atoms with E-state index in [1.54, 1.807) is 0 Å². The van der Waals surface area contributed by atoms with Gasteiger partial charge in [0.2, 0.25) is 0 Å². The minimum atomic E-state index is 0.458. The molecule has 0 aromatic rings. The van der Waals surface area contributed by atoms with Gasteiger partial charge >= 0.3 is 0 Å². The molecule has 0 bridgehead atoms. The minimum Gasteiger partial charge on any atom is -0.370 e. The Hall–Kier alpha value is -0.730. The Morgan fingerprint density at radius 2 is 2.00 bits per heavy atom. The van der Waals surface area contributed by atoms with Crippen molar-refractivity contribution in [1.29, 1.82) is 0 Å². The van der Waals surface area contributed by atoms with Crippen LogP contribution in [0.25, 0.3) is 0 Å². The highest BCUT2D eigenvalue weighted by molar-refractivity contribution is 5.77. The van der Waals surface area contributed by atoms with E-state index in [1.165, 1.54) is 32.1 Å². The Bertz CT molecular complexity index is 193. The van der Waals surface area contributed by atoms with Gasteiger partial charge < -0.3 is 11.1 Å². The molecule has 0 aliphatic heterocycles. The quantitative estimate of drug-likeness (QED) is 0.534. The summed E-state index contributed by atoms with van der Waals surface area (Å²) in [6.07, 6.45) is 6.61. The zero-order valence-electron chi connectivity index (χ0n) is 9.47. The molecule has 0 aromatic heterocycles. The molecule has 0 radical (unpaired) electrons. The van der Waals surface area contributed by atoms with E-state index in [-0.39, 0.29) is 0 Å². The molecule has 1 aliphatic carbocycles. The molecule has 1 aliphatic rings. The van der Waals surface area contributed by atoms with Gasteiger partial charge in [0, 0.05) is 13.1 Å². The lowest BCUT2D eigenvalue weighted by atomic mass is 9.84. The van der Waals surface area contributed by atoms with E-state index in [0.717, 1.165) is 13.1 Å². The van der Waals surface area contributed by atoms with Crippen LogP contribution in [0.3, 0.4) is 0 Å². The van der Waals surface area contributed by atoms with Crippen LogP contribution in [-0.4, -0.2) is 19.0 Å². The number of aliphatic imine (C=N–C) groups is 1. The van der Waals surface area contributed by atoms with Crippen LogP contribution < -0.4 is 11.1 Å². The van der Waals surface area contributed by atoms with Crippen molar-refractivity contribution in [2.24, 2.45) is 16.1 Å². The van der Waals surface area contributed by atoms with E-state index in [2.05, 4.69) is 17.2 Å². The molecule has 14 heavy (non-hydrogen) atoms. The SMILES string of the molecule is CCNC(N)=NCC1(CC)CCCC1. The first kappa shape index (κ1) is 11.3. The first-order valence-corrected chi connectivity index (χ1v) is 5.76. The maximum atomic E-state index is 5.71. The van der Waals surface area contributed by atoms with E-state index in [1.807, 2.05) is 6.92 Å². The maximum absolute atomic E-state index is 5.71. The van der Waals surface area contributed by atoms with Gasteiger partial charge in [-0.1, -0.05) is 19.8 Å². The van der Waals surface area contributed by atoms with Gasteiger partial charge in [-0.25, -0.2) is 0 Å². The number of hydrogen-bond donors (Lipinski definition) is 2. The zero-order valence-corrected chi connectivity index (χ0v) is 9.47. The van der Waals surface area contributed by atoms with Crippen LogP contribution in [0.1, 0.15) is 46.0 Å². The van der Waals surface area contributed by atoms with Crippen molar-refractivity contribution in [2.45, 2.75) is 46.0 Å². The largest absolute Gasteiger partial charge is 0.370 e. The van der Waals surface area contributed by atoms with Crippen molar-refractivity contribution < 1.29 is 0 Å². The summed E-state index contributed by atoms with van der Waals surface area (Å²) in [7, 11) is 0. The molecule has 1 saturated carbocycles. The lowest BCUT2D eigenvalue weighted by Gasteiger charge is -2.25. The third kappa shape index (κ3) is 2.89. The number of nitrogens with one attached hydrogen (secondary N) is 1. The summed E-state index contributed by atoms with van der Waals surface area (Å²) in [5, 5.41) is 3.04. The van der Waals surface area contributed by atoms with Gasteiger partial charge in [0.25, 0.3) is 0 Å². The molecule has 0 amide bonds. The van der Waals surface area contributed by atoms with Crippen molar-refractivity contribution >= 4 is 5.96 Å². The molecule has 1 fully saturated rings. The summed E-state index contributed by atoms with van der Waals surface area (Å²) >= 11 is 0. The Morgan fingerprint density at radius 3 is 2.50 bits per heavy atom. The van der Waals surface area contributed by atoms with Gasteiger partial charge in [0.15, 0.2) is 5.96 Å². The normalized spacial score (nSPS) is 21.1. The fourth-order valence-corrected chi connectivity index (χ4v) is 2.24. The molecule has 0 spiro atoms. The van der Waals surface area contributed by atoms with Crippen LogP contribution in [0, 0.1) is 5.41 Å². The summed E-state index contributed by atoms with van der Waals surface area (Å²) in [4.78, 5) is 4.42. The van der Waals surface area contributed by atoms with Crippen molar-refractivity contribution in [3.05, 3.63) is 0 Å². The summed E-state index contributed by atoms with van der Waals surface area (Å²) in [6, 6.07) is 0. The van der Waals surface area contributed by atoms with Gasteiger partial charge in [-0.3, -0.25) is 4.99 Å². The van der Waals surface area contributed by atoms with Crippen LogP contribution in [0.15, 0.2) is 4.99 Å². The van der Waals surface area contributed by atoms with Gasteiger partial charge in [-0.2, -0.15) is 0 Å². The molecule has 0 unspecified atom stereocenters. The van der Waals surface area contributed by atoms with Crippen molar-refractivity contribution in [1.82, 2.24) is 5.32 Å². The van der Waals surface area contributed by atoms with E-state index in [4.69, 9.17) is 5.73 Å². The third-order valence-corrected chi connectivity index (χ3v) is 3.36. The molecule has 3 N–H and O–H groups in total. The van der Waals surface area contributed by atoms with Crippen LogP contribution in [0.5, 0.6) is 0 Å². The minimum absolute atomic E-state index is 0.458. The summed E-state index contributed by atoms with van der Waals surface area (Å²) in [6.45, 7) is 6.06. The van der Waals surface area contributed by atoms with Gasteiger partial charge in [-0.15, -0.1) is 0 Å². The molecule has 0 heterocycles. The van der Waals surface area contributed by atoms with Crippen LogP contribution in [0.2, 0.25) is 0 Å². The van der Waals surface area contributed by atoms with Gasteiger partial charge in [-0.05, 0) is 31.6 Å². The summed E-state index contributed by atoms with van der Waals surface area (Å²) in [5.41, 5.74) is 6.17. The summed E-state index contributed by atoms with van der Waals surface area (Å²) in [5.74, 6) is 0.604. The monoisotopic (exact) mass is 197 g/mol. The van der Waals surface area contributed by atoms with E-state index in [9.17, 15) is 0 Å². The van der Waals surface area contributed by atoms with Crippen LogP contribution in [0.4, 0.5) is 0 Å². The van der Waals surface area contributed by atoms with E-state index >= 15 is 0 Å². The Kier molecular flexibility index (Phi) is 4.23. The predicted octanol–water partition coefficient (Wildman–Crippen LogP) is 1.88. The van der Waals surface area contributed by atoms with E-state index in [0.29, 0.717) is 11.4 Å². The average molecular weight is 197 g/mol. The lowest BCUT2D eigenvalue weighted by molar-refractivity contribution is 0.297. The highest BCUT2D eigenvalue weighted by Gasteiger charge is 2.31. The predicted molar refractivity (Wildman–Crippen MR) is 61.4 cm³/mol. The molecular weight excluding hydrogens is 174 g/mol. The molecule has 1 rings (SSSR count). The molecule has 3 nitrogen and oxygen atoms in total. The second-order valence-corrected chi connectivity index (χ2v) is 4.29. The number of nitrogens with zero attached hydrogens (tertiary/aromatic N) is 1. The van der Waals surface area contributed by atoms with Gasteiger partial charge in [0.05, 0.1) is 0 Å². The number of nitrogens with two attached hydrogens (primary N) is 1. The van der Waals surface area contributed by atoms with Crippen molar-refractivity contribution in [3.63, 3.8) is 0 Å². The number of hydrogen-bond acceptors (Lipinski definition) is 1. The van der Waals surface area contributed by atoms with Gasteiger partial charge in [0.1, 0.15) is 0 Å². The lowest BCUT2D eigenvalue weighted by Crippen LogP contribution is -2.33. The van der Waals surface area contributed by atoms with Crippen LogP contribution >= 0.6 is 0 Å². The molecule has 0 saturated heterocycles. The zero-order chi connectivity index (χ0) is 10.4. The fourth-order valence-electron chi connectivity index (χ4n) is 2.24. The third-order valence-electron chi connectivity index (χ3n) is 3.36. The average Bonchev–Trinajstić information content (AvgIpc) is 2.65. The Morgan fingerprint density at radius 1 is 1.36 bits per heavy atom. The second-order valence-electron chi connectivity index (χ2n) is 4.29. The molecule has 0 aromatic carbocycles. The molecule has 3 heteroatoms. The van der Waals surface area contributed by atoms with E-state index < -0.39 is 0 Å². The topological polar surface area (TPSA) is 50.4 Å². The highest BCUT2D eigenvalue weighted by Crippen LogP contribution is 2.40. The smallest absolute Gasteiger partial charge is 0.188 e. The standard InChI is InChI=1S/C11H23N3/c1-3-11(7-5-6-8-11)9-14-10(12)13-4-2/h3-9H2,1-2H3,(H3,12,13,14). The maximum Gasteiger partial charge on any atom is 0.188 e. The number of rotatable bonds is 4. The van der Waals surface area contributed by atoms with Crippen molar-refractivity contribution in [2.75, 3.05) is 13.1 Å². The van der Waals surface area contributed by atoms with Crippen LogP contribution in [-0.2, 0) is 0 Å². The molecular formula is C11H23N3. The first-order chi connectivity index (χ1) is 6.72. The summed E-state index contributed by atoms with van der Waals surface area (Å²) < 4.78 is 0. The van der Waals surface area contributed by atoms with Crippen molar-refractivity contribution in [3.8, 4) is 0 Å². The molecule has 82 valence electrons. The molecule has 0 atom stereocenters. The first-order valence-electron chi connectivity index (χ1n) is 5.76. The fraction of sp³-hybridized carbons (Fsp3) is 0.909. The highest BCUT2D eigenvalue weighted by atomic mass is 15.1. The Labute approximate surface area is 87.2 Å². The Balaban J connectivity index is 2.44.